The Morgan fingerprint density at radius 3 is 2.35 bits per heavy atom. The van der Waals surface area contributed by atoms with Gasteiger partial charge in [0.15, 0.2) is 4.90 Å². The minimum Gasteiger partial charge on any atom is -0.264 e. The summed E-state index contributed by atoms with van der Waals surface area (Å²) in [4.78, 5) is 2.88. The van der Waals surface area contributed by atoms with Crippen molar-refractivity contribution in [1.29, 1.82) is 0 Å². The average molecular weight is 298 g/mol. The van der Waals surface area contributed by atoms with Crippen LogP contribution in [0.1, 0.15) is 18.5 Å². The van der Waals surface area contributed by atoms with Crippen LogP contribution in [0.4, 0.5) is 8.78 Å². The van der Waals surface area contributed by atoms with E-state index in [1.165, 1.54) is 6.20 Å². The van der Waals surface area contributed by atoms with Crippen LogP contribution in [0.2, 0.25) is 0 Å². The van der Waals surface area contributed by atoms with Crippen molar-refractivity contribution in [2.24, 2.45) is 0 Å². The van der Waals surface area contributed by atoms with Gasteiger partial charge in [0.2, 0.25) is 10.0 Å². The zero-order valence-electron chi connectivity index (χ0n) is 10.5. The van der Waals surface area contributed by atoms with Crippen molar-refractivity contribution in [1.82, 2.24) is 9.71 Å². The summed E-state index contributed by atoms with van der Waals surface area (Å²) in [6.07, 6.45) is 3.02. The van der Waals surface area contributed by atoms with Gasteiger partial charge < -0.3 is 0 Å². The van der Waals surface area contributed by atoms with Crippen LogP contribution in [-0.2, 0) is 10.0 Å². The molecule has 1 heterocycles. The van der Waals surface area contributed by atoms with E-state index in [-0.39, 0.29) is 0 Å². The fraction of sp³-hybridized carbons (Fsp3) is 0.154. The molecule has 0 aliphatic heterocycles. The number of benzene rings is 1. The minimum absolute atomic E-state index is 0.591. The molecule has 20 heavy (non-hydrogen) atoms. The van der Waals surface area contributed by atoms with Gasteiger partial charge in [0.25, 0.3) is 0 Å². The van der Waals surface area contributed by atoms with Gasteiger partial charge in [0.05, 0.1) is 0 Å². The summed E-state index contributed by atoms with van der Waals surface area (Å²) < 4.78 is 53.4. The summed E-state index contributed by atoms with van der Waals surface area (Å²) in [5.74, 6) is -2.26. The highest BCUT2D eigenvalue weighted by Crippen LogP contribution is 2.21. The van der Waals surface area contributed by atoms with Crippen molar-refractivity contribution in [2.45, 2.75) is 17.9 Å². The first-order valence-corrected chi connectivity index (χ1v) is 7.26. The molecule has 0 saturated heterocycles. The number of pyridine rings is 1. The lowest BCUT2D eigenvalue weighted by Gasteiger charge is -2.15. The molecular weight excluding hydrogens is 286 g/mol. The molecule has 0 amide bonds. The van der Waals surface area contributed by atoms with Crippen LogP contribution in [0.25, 0.3) is 0 Å². The molecule has 4 nitrogen and oxygen atoms in total. The highest BCUT2D eigenvalue weighted by atomic mass is 32.2. The van der Waals surface area contributed by atoms with Crippen molar-refractivity contribution < 1.29 is 17.2 Å². The molecular formula is C13H12F2N2O2S. The van der Waals surface area contributed by atoms with E-state index in [9.17, 15) is 17.2 Å². The molecule has 1 aromatic heterocycles. The van der Waals surface area contributed by atoms with Crippen LogP contribution >= 0.6 is 0 Å². The molecule has 1 aromatic carbocycles. The Morgan fingerprint density at radius 2 is 1.80 bits per heavy atom. The van der Waals surface area contributed by atoms with Gasteiger partial charge >= 0.3 is 0 Å². The summed E-state index contributed by atoms with van der Waals surface area (Å²) in [5, 5.41) is 0. The second-order valence-electron chi connectivity index (χ2n) is 4.18. The Labute approximate surface area is 115 Å². The maximum atomic E-state index is 13.5. The number of hydrogen-bond acceptors (Lipinski definition) is 3. The first kappa shape index (κ1) is 14.5. The second-order valence-corrected chi connectivity index (χ2v) is 5.83. The van der Waals surface area contributed by atoms with E-state index in [4.69, 9.17) is 0 Å². The molecule has 1 atom stereocenters. The van der Waals surface area contributed by atoms with Crippen molar-refractivity contribution in [3.63, 3.8) is 0 Å². The molecule has 2 aromatic rings. The Balaban J connectivity index is 2.33. The monoisotopic (exact) mass is 298 g/mol. The first-order chi connectivity index (χ1) is 9.42. The molecule has 2 rings (SSSR count). The largest absolute Gasteiger partial charge is 0.264 e. The van der Waals surface area contributed by atoms with E-state index in [1.54, 1.807) is 25.3 Å². The van der Waals surface area contributed by atoms with E-state index in [0.717, 1.165) is 18.2 Å². The maximum absolute atomic E-state index is 13.5. The predicted molar refractivity (Wildman–Crippen MR) is 69.3 cm³/mol. The van der Waals surface area contributed by atoms with Crippen molar-refractivity contribution in [3.05, 3.63) is 59.9 Å². The van der Waals surface area contributed by atoms with Gasteiger partial charge in [-0.25, -0.2) is 21.9 Å². The lowest BCUT2D eigenvalue weighted by atomic mass is 10.2. The third-order valence-electron chi connectivity index (χ3n) is 2.70. The van der Waals surface area contributed by atoms with E-state index < -0.39 is 32.6 Å². The van der Waals surface area contributed by atoms with E-state index >= 15 is 0 Å². The number of nitrogens with one attached hydrogen (secondary N) is 1. The topological polar surface area (TPSA) is 59.1 Å². The van der Waals surface area contributed by atoms with Crippen molar-refractivity contribution >= 4 is 10.0 Å². The van der Waals surface area contributed by atoms with Gasteiger partial charge in [-0.3, -0.25) is 4.98 Å². The molecule has 0 aliphatic rings. The Kier molecular flexibility index (Phi) is 4.10. The normalized spacial score (nSPS) is 13.2. The number of halogens is 2. The second kappa shape index (κ2) is 5.64. The molecule has 0 aliphatic carbocycles. The Morgan fingerprint density at radius 1 is 1.15 bits per heavy atom. The molecule has 0 spiro atoms. The molecule has 0 saturated carbocycles. The molecule has 0 bridgehead atoms. The van der Waals surface area contributed by atoms with Crippen molar-refractivity contribution in [2.75, 3.05) is 0 Å². The molecule has 1 N–H and O–H groups in total. The van der Waals surface area contributed by atoms with Gasteiger partial charge in [-0.15, -0.1) is 0 Å². The maximum Gasteiger partial charge on any atom is 0.246 e. The van der Waals surface area contributed by atoms with Crippen LogP contribution < -0.4 is 4.72 Å². The summed E-state index contributed by atoms with van der Waals surface area (Å²) in [6, 6.07) is 5.54. The zero-order chi connectivity index (χ0) is 14.8. The van der Waals surface area contributed by atoms with Crippen LogP contribution in [-0.4, -0.2) is 13.4 Å². The molecule has 1 unspecified atom stereocenters. The van der Waals surface area contributed by atoms with Crippen LogP contribution in [0.15, 0.2) is 47.6 Å². The average Bonchev–Trinajstić information content (AvgIpc) is 2.38. The fourth-order valence-corrected chi connectivity index (χ4v) is 3.10. The van der Waals surface area contributed by atoms with Gasteiger partial charge in [0.1, 0.15) is 11.6 Å². The summed E-state index contributed by atoms with van der Waals surface area (Å²) in [5.41, 5.74) is 0.591. The smallest absolute Gasteiger partial charge is 0.246 e. The zero-order valence-corrected chi connectivity index (χ0v) is 11.4. The lowest BCUT2D eigenvalue weighted by Crippen LogP contribution is -2.28. The number of nitrogens with zero attached hydrogens (tertiary/aromatic N) is 1. The minimum atomic E-state index is -4.30. The third-order valence-corrected chi connectivity index (χ3v) is 4.30. The molecule has 0 radical (unpaired) electrons. The van der Waals surface area contributed by atoms with Gasteiger partial charge in [-0.05, 0) is 30.7 Å². The predicted octanol–water partition coefficient (Wildman–Crippen LogP) is 2.40. The van der Waals surface area contributed by atoms with Crippen LogP contribution in [0.5, 0.6) is 0 Å². The number of hydrogen-bond donors (Lipinski definition) is 1. The molecule has 7 heteroatoms. The Hall–Kier alpha value is -1.86. The third kappa shape index (κ3) is 3.00. The summed E-state index contributed by atoms with van der Waals surface area (Å²) in [6.45, 7) is 1.56. The number of aromatic nitrogens is 1. The quantitative estimate of drug-likeness (QED) is 0.943. The fourth-order valence-electron chi connectivity index (χ4n) is 1.73. The van der Waals surface area contributed by atoms with E-state index in [0.29, 0.717) is 5.56 Å². The van der Waals surface area contributed by atoms with Gasteiger partial charge in [-0.2, -0.15) is 0 Å². The van der Waals surface area contributed by atoms with Gasteiger partial charge in [0, 0.05) is 18.4 Å². The molecule has 106 valence electrons. The van der Waals surface area contributed by atoms with Crippen LogP contribution in [0.3, 0.4) is 0 Å². The van der Waals surface area contributed by atoms with E-state index in [2.05, 4.69) is 9.71 Å². The first-order valence-electron chi connectivity index (χ1n) is 5.78. The summed E-state index contributed by atoms with van der Waals surface area (Å²) >= 11 is 0. The van der Waals surface area contributed by atoms with E-state index in [1.807, 2.05) is 0 Å². The molecule has 0 fully saturated rings. The highest BCUT2D eigenvalue weighted by Gasteiger charge is 2.25. The highest BCUT2D eigenvalue weighted by molar-refractivity contribution is 7.89. The summed E-state index contributed by atoms with van der Waals surface area (Å²) in [7, 11) is -4.30. The number of rotatable bonds is 4. The Bertz CT molecular complexity index is 685. The standard InChI is InChI=1S/C13H12F2N2O2S/c1-9(10-4-3-7-16-8-10)17-20(18,19)13-11(14)5-2-6-12(13)15/h2-9,17H,1H3. The van der Waals surface area contributed by atoms with Gasteiger partial charge in [-0.1, -0.05) is 12.1 Å². The SMILES string of the molecule is CC(NS(=O)(=O)c1c(F)cccc1F)c1cccnc1. The lowest BCUT2D eigenvalue weighted by molar-refractivity contribution is 0.509. The number of sulfonamides is 1. The van der Waals surface area contributed by atoms with Crippen molar-refractivity contribution in [3.8, 4) is 0 Å². The van der Waals surface area contributed by atoms with Crippen LogP contribution in [0, 0.1) is 11.6 Å².